The fourth-order valence-corrected chi connectivity index (χ4v) is 2.36. The number of hydrogen-bond acceptors (Lipinski definition) is 6. The van der Waals surface area contributed by atoms with Gasteiger partial charge in [0.05, 0.1) is 0 Å². The molecule has 0 aliphatic carbocycles. The first kappa shape index (κ1) is 15.4. The van der Waals surface area contributed by atoms with Crippen molar-refractivity contribution in [2.24, 2.45) is 0 Å². The number of rotatable bonds is 3. The number of amides is 1. The third kappa shape index (κ3) is 3.75. The van der Waals surface area contributed by atoms with Gasteiger partial charge in [0, 0.05) is 16.7 Å². The van der Waals surface area contributed by atoms with E-state index in [1.807, 2.05) is 27.7 Å². The van der Waals surface area contributed by atoms with Crippen LogP contribution >= 0.6 is 11.3 Å². The molecule has 0 aromatic carbocycles. The van der Waals surface area contributed by atoms with Gasteiger partial charge in [-0.2, -0.15) is 0 Å². The Kier molecular flexibility index (Phi) is 4.22. The normalized spacial score (nSPS) is 11.4. The van der Waals surface area contributed by atoms with Crippen LogP contribution in [0.2, 0.25) is 0 Å². The number of aromatic nitrogens is 3. The number of hydrogen-bond donors (Lipinski definition) is 2. The van der Waals surface area contributed by atoms with Gasteiger partial charge in [0.1, 0.15) is 10.8 Å². The quantitative estimate of drug-likeness (QED) is 0.909. The highest BCUT2D eigenvalue weighted by molar-refractivity contribution is 7.15. The molecule has 7 heteroatoms. The van der Waals surface area contributed by atoms with Crippen molar-refractivity contribution in [3.05, 3.63) is 28.4 Å². The molecule has 0 atom stereocenters. The summed E-state index contributed by atoms with van der Waals surface area (Å²) in [5.74, 6) is 0.0764. The lowest BCUT2D eigenvalue weighted by molar-refractivity contribution is 0.102. The summed E-state index contributed by atoms with van der Waals surface area (Å²) < 4.78 is 0. The van der Waals surface area contributed by atoms with E-state index in [1.54, 1.807) is 12.1 Å². The molecule has 3 N–H and O–H groups in total. The number of carbonyl (C=O) groups is 1. The summed E-state index contributed by atoms with van der Waals surface area (Å²) in [5.41, 5.74) is 6.87. The molecular weight excluding hydrogens is 286 g/mol. The Morgan fingerprint density at radius 3 is 2.62 bits per heavy atom. The van der Waals surface area contributed by atoms with Crippen LogP contribution in [0.4, 0.5) is 10.9 Å². The summed E-state index contributed by atoms with van der Waals surface area (Å²) in [6.07, 6.45) is 0.796. The van der Waals surface area contributed by atoms with Crippen LogP contribution in [0.5, 0.6) is 0 Å². The Hall–Kier alpha value is -2.02. The van der Waals surface area contributed by atoms with E-state index in [0.717, 1.165) is 17.1 Å². The van der Waals surface area contributed by atoms with E-state index >= 15 is 0 Å². The van der Waals surface area contributed by atoms with Crippen LogP contribution in [-0.2, 0) is 11.8 Å². The highest BCUT2D eigenvalue weighted by atomic mass is 32.1. The maximum Gasteiger partial charge on any atom is 0.257 e. The van der Waals surface area contributed by atoms with E-state index in [9.17, 15) is 4.79 Å². The Balaban J connectivity index is 2.24. The fraction of sp³-hybridized carbons (Fsp3) is 0.429. The van der Waals surface area contributed by atoms with Crippen molar-refractivity contribution in [3.8, 4) is 0 Å². The molecule has 1 amide bonds. The van der Waals surface area contributed by atoms with Gasteiger partial charge in [0.2, 0.25) is 5.13 Å². The first-order valence-electron chi connectivity index (χ1n) is 6.71. The predicted octanol–water partition coefficient (Wildman–Crippen LogP) is 2.63. The molecule has 0 fully saturated rings. The number of aryl methyl sites for hydroxylation is 1. The highest BCUT2D eigenvalue weighted by Gasteiger charge is 2.19. The van der Waals surface area contributed by atoms with E-state index in [-0.39, 0.29) is 11.3 Å². The van der Waals surface area contributed by atoms with Gasteiger partial charge in [-0.05, 0) is 18.6 Å². The van der Waals surface area contributed by atoms with Crippen molar-refractivity contribution in [2.75, 3.05) is 11.1 Å². The summed E-state index contributed by atoms with van der Waals surface area (Å²) in [7, 11) is 0. The van der Waals surface area contributed by atoms with Gasteiger partial charge in [0.25, 0.3) is 5.91 Å². The number of nitrogens with one attached hydrogen (secondary N) is 1. The van der Waals surface area contributed by atoms with Crippen LogP contribution in [0.15, 0.2) is 12.1 Å². The largest absolute Gasteiger partial charge is 0.384 e. The summed E-state index contributed by atoms with van der Waals surface area (Å²) in [6.45, 7) is 8.06. The van der Waals surface area contributed by atoms with Gasteiger partial charge in [0.15, 0.2) is 0 Å². The average molecular weight is 305 g/mol. The van der Waals surface area contributed by atoms with E-state index in [0.29, 0.717) is 16.5 Å². The third-order valence-electron chi connectivity index (χ3n) is 2.87. The summed E-state index contributed by atoms with van der Waals surface area (Å²) in [6, 6.07) is 3.32. The first-order valence-corrected chi connectivity index (χ1v) is 7.53. The number of carbonyl (C=O) groups excluding carboxylic acids is 1. The number of nitrogens with two attached hydrogens (primary N) is 1. The number of nitrogens with zero attached hydrogens (tertiary/aromatic N) is 3. The van der Waals surface area contributed by atoms with Crippen molar-refractivity contribution in [1.82, 2.24) is 15.2 Å². The second kappa shape index (κ2) is 5.77. The standard InChI is InChI=1S/C14H19N5OS/c1-5-11-18-19-13(21-11)17-12(20)8-6-9(14(2,3)4)16-10(15)7-8/h6-7H,5H2,1-4H3,(H2,15,16)(H,17,19,20). The predicted molar refractivity (Wildman–Crippen MR) is 84.6 cm³/mol. The van der Waals surface area contributed by atoms with Gasteiger partial charge in [-0.3, -0.25) is 10.1 Å². The minimum absolute atomic E-state index is 0.178. The Morgan fingerprint density at radius 2 is 2.05 bits per heavy atom. The lowest BCUT2D eigenvalue weighted by Crippen LogP contribution is -2.18. The zero-order chi connectivity index (χ0) is 15.6. The Bertz CT molecular complexity index is 660. The van der Waals surface area contributed by atoms with Crippen molar-refractivity contribution in [2.45, 2.75) is 39.5 Å². The van der Waals surface area contributed by atoms with Gasteiger partial charge in [-0.15, -0.1) is 10.2 Å². The van der Waals surface area contributed by atoms with E-state index in [4.69, 9.17) is 5.73 Å². The summed E-state index contributed by atoms with van der Waals surface area (Å²) in [4.78, 5) is 16.6. The van der Waals surface area contributed by atoms with Gasteiger partial charge < -0.3 is 5.73 Å². The van der Waals surface area contributed by atoms with E-state index in [2.05, 4.69) is 20.5 Å². The molecule has 2 rings (SSSR count). The van der Waals surface area contributed by atoms with Crippen molar-refractivity contribution in [1.29, 1.82) is 0 Å². The van der Waals surface area contributed by atoms with Gasteiger partial charge in [-0.25, -0.2) is 4.98 Å². The minimum atomic E-state index is -0.256. The molecule has 6 nitrogen and oxygen atoms in total. The average Bonchev–Trinajstić information content (AvgIpc) is 2.84. The van der Waals surface area contributed by atoms with Gasteiger partial charge >= 0.3 is 0 Å². The molecule has 0 aliphatic heterocycles. The van der Waals surface area contributed by atoms with Crippen molar-refractivity contribution in [3.63, 3.8) is 0 Å². The molecule has 2 aromatic rings. The molecule has 2 aromatic heterocycles. The molecule has 0 radical (unpaired) electrons. The lowest BCUT2D eigenvalue weighted by atomic mass is 9.90. The minimum Gasteiger partial charge on any atom is -0.384 e. The molecule has 112 valence electrons. The molecule has 0 spiro atoms. The maximum absolute atomic E-state index is 12.3. The topological polar surface area (TPSA) is 93.8 Å². The molecule has 0 unspecified atom stereocenters. The lowest BCUT2D eigenvalue weighted by Gasteiger charge is -2.18. The summed E-state index contributed by atoms with van der Waals surface area (Å²) >= 11 is 1.37. The maximum atomic E-state index is 12.3. The van der Waals surface area contributed by atoms with Crippen LogP contribution in [0.1, 0.15) is 48.8 Å². The molecule has 0 bridgehead atoms. The van der Waals surface area contributed by atoms with Crippen molar-refractivity contribution >= 4 is 28.2 Å². The van der Waals surface area contributed by atoms with Crippen molar-refractivity contribution < 1.29 is 4.79 Å². The monoisotopic (exact) mass is 305 g/mol. The second-order valence-corrected chi connectivity index (χ2v) is 6.79. The number of anilines is 2. The SMILES string of the molecule is CCc1nnc(NC(=O)c2cc(N)nc(C(C)(C)C)c2)s1. The molecular formula is C14H19N5OS. The Labute approximate surface area is 127 Å². The van der Waals surface area contributed by atoms with E-state index < -0.39 is 0 Å². The zero-order valence-corrected chi connectivity index (χ0v) is 13.4. The van der Waals surface area contributed by atoms with Crippen LogP contribution in [0.3, 0.4) is 0 Å². The highest BCUT2D eigenvalue weighted by Crippen LogP contribution is 2.23. The summed E-state index contributed by atoms with van der Waals surface area (Å²) in [5, 5.41) is 12.0. The molecule has 0 saturated carbocycles. The van der Waals surface area contributed by atoms with Crippen LogP contribution in [-0.4, -0.2) is 21.1 Å². The third-order valence-corrected chi connectivity index (χ3v) is 3.85. The van der Waals surface area contributed by atoms with Gasteiger partial charge in [-0.1, -0.05) is 39.0 Å². The number of pyridine rings is 1. The first-order chi connectivity index (χ1) is 9.79. The fourth-order valence-electron chi connectivity index (χ4n) is 1.68. The molecule has 2 heterocycles. The van der Waals surface area contributed by atoms with Crippen LogP contribution < -0.4 is 11.1 Å². The smallest absolute Gasteiger partial charge is 0.257 e. The van der Waals surface area contributed by atoms with Crippen LogP contribution in [0, 0.1) is 0 Å². The number of nitrogen functional groups attached to an aromatic ring is 1. The second-order valence-electron chi connectivity index (χ2n) is 5.72. The molecule has 0 saturated heterocycles. The zero-order valence-electron chi connectivity index (χ0n) is 12.6. The van der Waals surface area contributed by atoms with Crippen LogP contribution in [0.25, 0.3) is 0 Å². The van der Waals surface area contributed by atoms with E-state index in [1.165, 1.54) is 11.3 Å². The Morgan fingerprint density at radius 1 is 1.33 bits per heavy atom. The molecule has 21 heavy (non-hydrogen) atoms. The molecule has 0 aliphatic rings.